The van der Waals surface area contributed by atoms with Crippen LogP contribution in [0.2, 0.25) is 0 Å². The summed E-state index contributed by atoms with van der Waals surface area (Å²) in [5.74, 6) is 0.678. The largest absolute Gasteiger partial charge is 0.490 e. The van der Waals surface area contributed by atoms with Gasteiger partial charge in [-0.15, -0.1) is 0 Å². The quantitative estimate of drug-likeness (QED) is 0.581. The van der Waals surface area contributed by atoms with Crippen molar-refractivity contribution in [3.05, 3.63) is 42.6 Å². The van der Waals surface area contributed by atoms with Crippen LogP contribution in [0.15, 0.2) is 42.6 Å². The second-order valence-corrected chi connectivity index (χ2v) is 7.63. The number of benzene rings is 2. The van der Waals surface area contributed by atoms with Crippen molar-refractivity contribution >= 4 is 29.2 Å². The molecule has 1 fully saturated rings. The number of hydrogen-bond acceptors (Lipinski definition) is 7. The Morgan fingerprint density at radius 2 is 1.86 bits per heavy atom. The summed E-state index contributed by atoms with van der Waals surface area (Å²) in [6, 6.07) is 10.9. The number of nitrogens with two attached hydrogens (primary N) is 1. The Labute approximate surface area is 169 Å². The molecule has 7 nitrogen and oxygen atoms in total. The van der Waals surface area contributed by atoms with Gasteiger partial charge < -0.3 is 25.3 Å². The molecule has 1 aromatic heterocycles. The highest BCUT2D eigenvalue weighted by molar-refractivity contribution is 6.58. The second kappa shape index (κ2) is 7.98. The average Bonchev–Trinajstić information content (AvgIpc) is 2.67. The van der Waals surface area contributed by atoms with Gasteiger partial charge in [-0.2, -0.15) is 10.2 Å². The Hall–Kier alpha value is -2.68. The van der Waals surface area contributed by atoms with E-state index in [0.29, 0.717) is 22.4 Å². The van der Waals surface area contributed by atoms with Crippen LogP contribution >= 0.6 is 0 Å². The molecule has 150 valence electrons. The Morgan fingerprint density at radius 3 is 2.59 bits per heavy atom. The lowest BCUT2D eigenvalue weighted by Gasteiger charge is -2.32. The molecule has 0 bridgehead atoms. The lowest BCUT2D eigenvalue weighted by molar-refractivity contribution is -0.0720. The van der Waals surface area contributed by atoms with Gasteiger partial charge in [-0.3, -0.25) is 0 Å². The third kappa shape index (κ3) is 4.19. The van der Waals surface area contributed by atoms with E-state index in [1.165, 1.54) is 6.20 Å². The second-order valence-electron chi connectivity index (χ2n) is 7.63. The maximum atomic E-state index is 9.64. The van der Waals surface area contributed by atoms with E-state index < -0.39 is 7.12 Å². The Bertz CT molecular complexity index is 1020. The maximum Gasteiger partial charge on any atom is 0.488 e. The van der Waals surface area contributed by atoms with E-state index >= 15 is 0 Å². The molecule has 2 aromatic carbocycles. The zero-order valence-electron chi connectivity index (χ0n) is 16.4. The van der Waals surface area contributed by atoms with Crippen LogP contribution in [0.4, 0.5) is 5.69 Å². The molecule has 0 spiro atoms. The van der Waals surface area contributed by atoms with E-state index in [2.05, 4.69) is 10.2 Å². The highest BCUT2D eigenvalue weighted by Crippen LogP contribution is 2.34. The van der Waals surface area contributed by atoms with Gasteiger partial charge in [-0.05, 0) is 43.1 Å². The van der Waals surface area contributed by atoms with Crippen LogP contribution in [-0.4, -0.2) is 45.7 Å². The minimum Gasteiger partial charge on any atom is -0.490 e. The van der Waals surface area contributed by atoms with Crippen LogP contribution in [0.5, 0.6) is 5.75 Å². The molecule has 1 aliphatic heterocycles. The molecule has 2 heterocycles. The molecule has 0 saturated carbocycles. The first-order chi connectivity index (χ1) is 13.9. The monoisotopic (exact) mass is 393 g/mol. The first kappa shape index (κ1) is 19.6. The molecule has 4 N–H and O–H groups in total. The summed E-state index contributed by atoms with van der Waals surface area (Å²) >= 11 is 0. The molecule has 29 heavy (non-hydrogen) atoms. The first-order valence-corrected chi connectivity index (χ1v) is 9.74. The molecule has 3 atom stereocenters. The number of hydrogen-bond donors (Lipinski definition) is 3. The fourth-order valence-corrected chi connectivity index (χ4v) is 3.91. The normalized spacial score (nSPS) is 21.9. The van der Waals surface area contributed by atoms with Gasteiger partial charge in [0.15, 0.2) is 0 Å². The molecule has 4 rings (SSSR count). The lowest BCUT2D eigenvalue weighted by atomic mass is 9.79. The predicted molar refractivity (Wildman–Crippen MR) is 113 cm³/mol. The summed E-state index contributed by atoms with van der Waals surface area (Å²) in [5, 5.41) is 28.2. The van der Waals surface area contributed by atoms with Crippen molar-refractivity contribution in [3.8, 4) is 16.9 Å². The van der Waals surface area contributed by atoms with Crippen LogP contribution in [0.25, 0.3) is 22.0 Å². The molecule has 0 amide bonds. The van der Waals surface area contributed by atoms with Crippen LogP contribution in [0.3, 0.4) is 0 Å². The van der Waals surface area contributed by atoms with Crippen molar-refractivity contribution < 1.29 is 19.5 Å². The third-order valence-corrected chi connectivity index (χ3v) is 5.23. The van der Waals surface area contributed by atoms with Crippen LogP contribution in [0.1, 0.15) is 26.7 Å². The van der Waals surface area contributed by atoms with Crippen LogP contribution < -0.4 is 15.9 Å². The SMILES string of the molecule is C[C@@H]1C[C@@H](Oc2ccc(B(O)O)cc2-c2ccc3c(N)cnnc3c2)C[C@H](C)O1. The lowest BCUT2D eigenvalue weighted by Crippen LogP contribution is -2.36. The highest BCUT2D eigenvalue weighted by atomic mass is 16.5. The predicted octanol–water partition coefficient (Wildman–Crippen LogP) is 1.89. The van der Waals surface area contributed by atoms with Crippen molar-refractivity contribution in [2.45, 2.75) is 45.0 Å². The highest BCUT2D eigenvalue weighted by Gasteiger charge is 2.27. The fraction of sp³-hybridized carbons (Fsp3) is 0.333. The van der Waals surface area contributed by atoms with E-state index in [4.69, 9.17) is 15.2 Å². The number of nitrogens with zero attached hydrogens (tertiary/aromatic N) is 2. The molecule has 0 aliphatic carbocycles. The summed E-state index contributed by atoms with van der Waals surface area (Å²) < 4.78 is 12.2. The standard InChI is InChI=1S/C21H24BN3O4/c1-12-7-16(8-13(2)28-12)29-21-6-4-15(22(26)27)10-18(21)14-3-5-17-19(23)11-24-25-20(17)9-14/h3-6,9-13,16,26-27H,7-8H2,1-2H3,(H2,23,25)/t12-,13+,16-. The van der Waals surface area contributed by atoms with Gasteiger partial charge in [0.05, 0.1) is 29.6 Å². The van der Waals surface area contributed by atoms with Crippen molar-refractivity contribution in [1.82, 2.24) is 10.2 Å². The minimum absolute atomic E-state index is 0.0216. The van der Waals surface area contributed by atoms with Crippen LogP contribution in [0, 0.1) is 0 Å². The van der Waals surface area contributed by atoms with Gasteiger partial charge in [0.2, 0.25) is 0 Å². The summed E-state index contributed by atoms with van der Waals surface area (Å²) in [7, 11) is -1.57. The average molecular weight is 393 g/mol. The fourth-order valence-electron chi connectivity index (χ4n) is 3.91. The van der Waals surface area contributed by atoms with Gasteiger partial charge in [0.25, 0.3) is 0 Å². The molecule has 8 heteroatoms. The zero-order valence-corrected chi connectivity index (χ0v) is 16.4. The number of nitrogen functional groups attached to an aromatic ring is 1. The van der Waals surface area contributed by atoms with Gasteiger partial charge in [-0.25, -0.2) is 0 Å². The zero-order chi connectivity index (χ0) is 20.5. The summed E-state index contributed by atoms with van der Waals surface area (Å²) in [6.45, 7) is 4.09. The van der Waals surface area contributed by atoms with Crippen molar-refractivity contribution in [2.24, 2.45) is 0 Å². The first-order valence-electron chi connectivity index (χ1n) is 9.74. The summed E-state index contributed by atoms with van der Waals surface area (Å²) in [5.41, 5.74) is 9.19. The van der Waals surface area contributed by atoms with E-state index in [1.54, 1.807) is 18.2 Å². The molecule has 1 aliphatic rings. The Kier molecular flexibility index (Phi) is 5.40. The van der Waals surface area contributed by atoms with Gasteiger partial charge in [-0.1, -0.05) is 18.2 Å². The van der Waals surface area contributed by atoms with Crippen molar-refractivity contribution in [1.29, 1.82) is 0 Å². The van der Waals surface area contributed by atoms with E-state index in [-0.39, 0.29) is 18.3 Å². The van der Waals surface area contributed by atoms with Gasteiger partial charge in [0.1, 0.15) is 11.9 Å². The maximum absolute atomic E-state index is 9.64. The Morgan fingerprint density at radius 1 is 1.10 bits per heavy atom. The molecular formula is C21H24BN3O4. The van der Waals surface area contributed by atoms with E-state index in [1.807, 2.05) is 32.0 Å². The number of anilines is 1. The minimum atomic E-state index is -1.57. The van der Waals surface area contributed by atoms with E-state index in [0.717, 1.165) is 29.4 Å². The third-order valence-electron chi connectivity index (χ3n) is 5.23. The number of ether oxygens (including phenoxy) is 2. The summed E-state index contributed by atoms with van der Waals surface area (Å²) in [6.07, 6.45) is 3.40. The number of aromatic nitrogens is 2. The number of fused-ring (bicyclic) bond motifs is 1. The molecule has 3 aromatic rings. The summed E-state index contributed by atoms with van der Waals surface area (Å²) in [4.78, 5) is 0. The van der Waals surface area contributed by atoms with Crippen molar-refractivity contribution in [2.75, 3.05) is 5.73 Å². The Balaban J connectivity index is 1.75. The van der Waals surface area contributed by atoms with E-state index in [9.17, 15) is 10.0 Å². The smallest absolute Gasteiger partial charge is 0.488 e. The van der Waals surface area contributed by atoms with Crippen LogP contribution in [-0.2, 0) is 4.74 Å². The topological polar surface area (TPSA) is 111 Å². The molecule has 1 saturated heterocycles. The van der Waals surface area contributed by atoms with Crippen molar-refractivity contribution in [3.63, 3.8) is 0 Å². The van der Waals surface area contributed by atoms with Gasteiger partial charge in [0, 0.05) is 23.8 Å². The van der Waals surface area contributed by atoms with Gasteiger partial charge >= 0.3 is 7.12 Å². The molecule has 0 unspecified atom stereocenters. The molecular weight excluding hydrogens is 369 g/mol. The molecule has 0 radical (unpaired) electrons. The number of rotatable bonds is 4.